The zero-order chi connectivity index (χ0) is 19.4. The third-order valence-corrected chi connectivity index (χ3v) is 6.27. The van der Waals surface area contributed by atoms with Crippen LogP contribution in [0, 0.1) is 6.92 Å². The van der Waals surface area contributed by atoms with Crippen LogP contribution in [-0.4, -0.2) is 26.3 Å². The molecule has 1 aromatic heterocycles. The van der Waals surface area contributed by atoms with E-state index in [9.17, 15) is 13.2 Å². The highest BCUT2D eigenvalue weighted by molar-refractivity contribution is 7.92. The van der Waals surface area contributed by atoms with Gasteiger partial charge in [0.25, 0.3) is 15.9 Å². The fraction of sp³-hybridized carbons (Fsp3) is 0.150. The highest BCUT2D eigenvalue weighted by Gasteiger charge is 2.16. The maximum Gasteiger partial charge on any atom is 0.261 e. The molecule has 0 aliphatic rings. The number of amides is 1. The van der Waals surface area contributed by atoms with Crippen molar-refractivity contribution >= 4 is 33.0 Å². The molecule has 0 aliphatic carbocycles. The molecule has 1 heterocycles. The van der Waals surface area contributed by atoms with Crippen molar-refractivity contribution in [2.45, 2.75) is 18.4 Å². The average molecular weight is 401 g/mol. The Balaban J connectivity index is 1.76. The summed E-state index contributed by atoms with van der Waals surface area (Å²) >= 11 is 1.59. The number of rotatable bonds is 6. The third kappa shape index (κ3) is 4.75. The largest absolute Gasteiger partial charge is 0.337 e. The van der Waals surface area contributed by atoms with E-state index in [4.69, 9.17) is 0 Å². The molecule has 0 atom stereocenters. The Morgan fingerprint density at radius 3 is 2.48 bits per heavy atom. The van der Waals surface area contributed by atoms with Crippen LogP contribution in [0.3, 0.4) is 0 Å². The van der Waals surface area contributed by atoms with E-state index in [2.05, 4.69) is 4.72 Å². The van der Waals surface area contributed by atoms with Crippen molar-refractivity contribution in [3.05, 3.63) is 82.0 Å². The Morgan fingerprint density at radius 1 is 1.07 bits per heavy atom. The summed E-state index contributed by atoms with van der Waals surface area (Å²) in [5, 5.41) is 1.97. The Bertz CT molecular complexity index is 1030. The number of carbonyl (C=O) groups is 1. The van der Waals surface area contributed by atoms with Crippen molar-refractivity contribution in [3.8, 4) is 0 Å². The van der Waals surface area contributed by atoms with Crippen LogP contribution >= 0.6 is 11.3 Å². The lowest BCUT2D eigenvalue weighted by atomic mass is 10.2. The molecule has 5 nitrogen and oxygen atoms in total. The molecule has 1 amide bonds. The minimum Gasteiger partial charge on any atom is -0.337 e. The molecule has 140 valence electrons. The van der Waals surface area contributed by atoms with Gasteiger partial charge in [-0.3, -0.25) is 9.52 Å². The Labute approximate surface area is 163 Å². The first-order valence-corrected chi connectivity index (χ1v) is 10.7. The summed E-state index contributed by atoms with van der Waals surface area (Å²) in [5.41, 5.74) is 1.76. The predicted octanol–water partition coefficient (Wildman–Crippen LogP) is 4.13. The average Bonchev–Trinajstić information content (AvgIpc) is 3.14. The van der Waals surface area contributed by atoms with Crippen LogP contribution in [0.15, 0.2) is 70.9 Å². The summed E-state index contributed by atoms with van der Waals surface area (Å²) in [7, 11) is -1.98. The van der Waals surface area contributed by atoms with Crippen molar-refractivity contribution in [3.63, 3.8) is 0 Å². The van der Waals surface area contributed by atoms with Crippen LogP contribution in [0.4, 0.5) is 5.69 Å². The van der Waals surface area contributed by atoms with Crippen molar-refractivity contribution in [2.24, 2.45) is 0 Å². The first kappa shape index (κ1) is 19.1. The number of benzene rings is 2. The molecular weight excluding hydrogens is 380 g/mol. The highest BCUT2D eigenvalue weighted by atomic mass is 32.2. The topological polar surface area (TPSA) is 66.5 Å². The molecule has 27 heavy (non-hydrogen) atoms. The molecule has 0 fully saturated rings. The van der Waals surface area contributed by atoms with Crippen molar-refractivity contribution in [2.75, 3.05) is 11.8 Å². The van der Waals surface area contributed by atoms with Crippen LogP contribution in [0.2, 0.25) is 0 Å². The SMILES string of the molecule is Cc1ccc(S(=O)(=O)Nc2cccc(C(=O)N(C)Cc3cccs3)c2)cc1. The predicted molar refractivity (Wildman–Crippen MR) is 109 cm³/mol. The van der Waals surface area contributed by atoms with E-state index in [0.29, 0.717) is 17.8 Å². The van der Waals surface area contributed by atoms with E-state index in [1.807, 2.05) is 24.4 Å². The monoisotopic (exact) mass is 400 g/mol. The van der Waals surface area contributed by atoms with Gasteiger partial charge >= 0.3 is 0 Å². The van der Waals surface area contributed by atoms with Gasteiger partial charge in [0.1, 0.15) is 0 Å². The minimum absolute atomic E-state index is 0.167. The van der Waals surface area contributed by atoms with E-state index in [1.165, 1.54) is 0 Å². The lowest BCUT2D eigenvalue weighted by Crippen LogP contribution is -2.26. The number of hydrogen-bond acceptors (Lipinski definition) is 4. The number of hydrogen-bond donors (Lipinski definition) is 1. The Morgan fingerprint density at radius 2 is 1.81 bits per heavy atom. The zero-order valence-electron chi connectivity index (χ0n) is 15.0. The van der Waals surface area contributed by atoms with Gasteiger partial charge in [0, 0.05) is 23.2 Å². The van der Waals surface area contributed by atoms with Gasteiger partial charge in [-0.1, -0.05) is 29.8 Å². The smallest absolute Gasteiger partial charge is 0.261 e. The number of nitrogens with zero attached hydrogens (tertiary/aromatic N) is 1. The minimum atomic E-state index is -3.71. The van der Waals surface area contributed by atoms with Crippen LogP contribution in [0.1, 0.15) is 20.8 Å². The number of aryl methyl sites for hydroxylation is 1. The Hall–Kier alpha value is -2.64. The van der Waals surface area contributed by atoms with E-state index in [0.717, 1.165) is 10.4 Å². The molecule has 1 N–H and O–H groups in total. The summed E-state index contributed by atoms with van der Waals surface area (Å²) in [6.45, 7) is 2.40. The fourth-order valence-corrected chi connectivity index (χ4v) is 4.38. The molecule has 3 rings (SSSR count). The van der Waals surface area contributed by atoms with Gasteiger partial charge in [-0.15, -0.1) is 11.3 Å². The molecular formula is C20H20N2O3S2. The van der Waals surface area contributed by atoms with Gasteiger partial charge in [0.15, 0.2) is 0 Å². The summed E-state index contributed by atoms with van der Waals surface area (Å²) in [4.78, 5) is 15.5. The van der Waals surface area contributed by atoms with Gasteiger partial charge in [0.05, 0.1) is 11.4 Å². The summed E-state index contributed by atoms with van der Waals surface area (Å²) < 4.78 is 27.6. The first-order chi connectivity index (χ1) is 12.8. The summed E-state index contributed by atoms with van der Waals surface area (Å²) in [5.74, 6) is -0.167. The maximum absolute atomic E-state index is 12.6. The molecule has 0 saturated heterocycles. The van der Waals surface area contributed by atoms with Crippen molar-refractivity contribution < 1.29 is 13.2 Å². The van der Waals surface area contributed by atoms with Crippen LogP contribution in [0.25, 0.3) is 0 Å². The molecule has 7 heteroatoms. The maximum atomic E-state index is 12.6. The van der Waals surface area contributed by atoms with Gasteiger partial charge in [0.2, 0.25) is 0 Å². The van der Waals surface area contributed by atoms with E-state index >= 15 is 0 Å². The number of thiophene rings is 1. The first-order valence-electron chi connectivity index (χ1n) is 8.32. The lowest BCUT2D eigenvalue weighted by Gasteiger charge is -2.17. The number of anilines is 1. The van der Waals surface area contributed by atoms with E-state index < -0.39 is 10.0 Å². The third-order valence-electron chi connectivity index (χ3n) is 4.01. The van der Waals surface area contributed by atoms with E-state index in [-0.39, 0.29) is 10.8 Å². The zero-order valence-corrected chi connectivity index (χ0v) is 16.7. The quantitative estimate of drug-likeness (QED) is 0.677. The number of carbonyl (C=O) groups excluding carboxylic acids is 1. The molecule has 0 radical (unpaired) electrons. The van der Waals surface area contributed by atoms with Crippen LogP contribution in [-0.2, 0) is 16.6 Å². The number of nitrogens with one attached hydrogen (secondary N) is 1. The molecule has 0 aliphatic heterocycles. The van der Waals surface area contributed by atoms with Gasteiger partial charge in [-0.25, -0.2) is 8.42 Å². The van der Waals surface area contributed by atoms with Crippen molar-refractivity contribution in [1.82, 2.24) is 4.90 Å². The summed E-state index contributed by atoms with van der Waals surface area (Å²) in [6, 6.07) is 17.0. The second-order valence-electron chi connectivity index (χ2n) is 6.24. The summed E-state index contributed by atoms with van der Waals surface area (Å²) in [6.07, 6.45) is 0. The van der Waals surface area contributed by atoms with Crippen LogP contribution < -0.4 is 4.72 Å². The van der Waals surface area contributed by atoms with Gasteiger partial charge < -0.3 is 4.90 Å². The molecule has 3 aromatic rings. The fourth-order valence-electron chi connectivity index (χ4n) is 2.58. The standard InChI is InChI=1S/C20H20N2O3S2/c1-15-8-10-19(11-9-15)27(24,25)21-17-6-3-5-16(13-17)20(23)22(2)14-18-7-4-12-26-18/h3-13,21H,14H2,1-2H3. The second kappa shape index (κ2) is 7.94. The van der Waals surface area contributed by atoms with Crippen LogP contribution in [0.5, 0.6) is 0 Å². The lowest BCUT2D eigenvalue weighted by molar-refractivity contribution is 0.0786. The Kier molecular flexibility index (Phi) is 5.62. The number of sulfonamides is 1. The molecule has 0 unspecified atom stereocenters. The van der Waals surface area contributed by atoms with E-state index in [1.54, 1.807) is 71.8 Å². The second-order valence-corrected chi connectivity index (χ2v) is 8.95. The highest BCUT2D eigenvalue weighted by Crippen LogP contribution is 2.19. The molecule has 0 bridgehead atoms. The van der Waals surface area contributed by atoms with Gasteiger partial charge in [-0.2, -0.15) is 0 Å². The normalized spacial score (nSPS) is 11.2. The van der Waals surface area contributed by atoms with Gasteiger partial charge in [-0.05, 0) is 48.7 Å². The molecule has 2 aromatic carbocycles. The molecule has 0 saturated carbocycles. The molecule has 0 spiro atoms. The van der Waals surface area contributed by atoms with Crippen molar-refractivity contribution in [1.29, 1.82) is 0 Å².